The zero-order valence-electron chi connectivity index (χ0n) is 27.4. The van der Waals surface area contributed by atoms with E-state index in [0.29, 0.717) is 18.5 Å². The lowest BCUT2D eigenvalue weighted by Crippen LogP contribution is -2.61. The molecule has 9 nitrogen and oxygen atoms in total. The van der Waals surface area contributed by atoms with Crippen LogP contribution in [0.15, 0.2) is 42.0 Å². The monoisotopic (exact) mass is 584 g/mol. The Bertz CT molecular complexity index is 1140. The average Bonchev–Trinajstić information content (AvgIpc) is 3.43. The third-order valence-electron chi connectivity index (χ3n) is 8.41. The molecule has 4 atom stereocenters. The minimum atomic E-state index is -0.814. The van der Waals surface area contributed by atoms with Crippen molar-refractivity contribution in [2.75, 3.05) is 27.7 Å². The molecule has 0 spiro atoms. The summed E-state index contributed by atoms with van der Waals surface area (Å²) in [5.74, 6) is -1.18. The highest BCUT2D eigenvalue weighted by Crippen LogP contribution is 2.29. The summed E-state index contributed by atoms with van der Waals surface area (Å²) in [6, 6.07) is 7.42. The van der Waals surface area contributed by atoms with Gasteiger partial charge in [0.1, 0.15) is 12.1 Å². The minimum absolute atomic E-state index is 0.0185. The van der Waals surface area contributed by atoms with E-state index in [-0.39, 0.29) is 23.6 Å². The zero-order valence-corrected chi connectivity index (χ0v) is 27.4. The molecule has 2 N–H and O–H groups in total. The first-order valence-corrected chi connectivity index (χ1v) is 14.9. The number of rotatable bonds is 11. The molecule has 2 rings (SSSR count). The van der Waals surface area contributed by atoms with Gasteiger partial charge >= 0.3 is 5.97 Å². The quantitative estimate of drug-likeness (QED) is 0.304. The van der Waals surface area contributed by atoms with Crippen molar-refractivity contribution in [2.24, 2.45) is 11.3 Å². The molecule has 1 aliphatic rings. The number of nitrogens with one attached hydrogen (secondary N) is 2. The van der Waals surface area contributed by atoms with Crippen LogP contribution in [0.1, 0.15) is 73.8 Å². The number of ether oxygens (including phenoxy) is 1. The number of methoxy groups -OCH3 is 1. The van der Waals surface area contributed by atoms with Crippen LogP contribution < -0.4 is 10.6 Å². The molecule has 1 heterocycles. The summed E-state index contributed by atoms with van der Waals surface area (Å²) in [4.78, 5) is 56.6. The maximum atomic E-state index is 14.1. The molecule has 0 aliphatic carbocycles. The van der Waals surface area contributed by atoms with E-state index in [9.17, 15) is 19.2 Å². The number of esters is 1. The lowest BCUT2D eigenvalue weighted by atomic mass is 9.76. The molecule has 0 saturated carbocycles. The second kappa shape index (κ2) is 14.3. The van der Waals surface area contributed by atoms with E-state index in [4.69, 9.17) is 4.74 Å². The fourth-order valence-electron chi connectivity index (χ4n) is 5.78. The maximum Gasteiger partial charge on any atom is 0.328 e. The summed E-state index contributed by atoms with van der Waals surface area (Å²) in [5.41, 5.74) is 0.332. The first-order chi connectivity index (χ1) is 19.5. The molecule has 1 aromatic rings. The third kappa shape index (κ3) is 8.00. The smallest absolute Gasteiger partial charge is 0.328 e. The van der Waals surface area contributed by atoms with E-state index < -0.39 is 41.0 Å². The van der Waals surface area contributed by atoms with E-state index in [2.05, 4.69) is 10.6 Å². The highest BCUT2D eigenvalue weighted by molar-refractivity contribution is 5.96. The normalized spacial score (nSPS) is 18.3. The van der Waals surface area contributed by atoms with Crippen LogP contribution in [-0.2, 0) is 29.3 Å². The van der Waals surface area contributed by atoms with Crippen molar-refractivity contribution in [3.63, 3.8) is 0 Å². The highest BCUT2D eigenvalue weighted by Gasteiger charge is 2.42. The number of hydrogen-bond acceptors (Lipinski definition) is 6. The van der Waals surface area contributed by atoms with Gasteiger partial charge in [0.05, 0.1) is 19.2 Å². The molecule has 0 radical (unpaired) electrons. The Morgan fingerprint density at radius 1 is 1.05 bits per heavy atom. The Labute approximate surface area is 252 Å². The molecular weight excluding hydrogens is 532 g/mol. The van der Waals surface area contributed by atoms with Crippen molar-refractivity contribution >= 4 is 23.7 Å². The van der Waals surface area contributed by atoms with Crippen molar-refractivity contribution in [2.45, 2.75) is 97.8 Å². The zero-order chi connectivity index (χ0) is 32.0. The van der Waals surface area contributed by atoms with Gasteiger partial charge in [-0.05, 0) is 43.7 Å². The molecule has 1 saturated heterocycles. The number of nitrogens with zero attached hydrogens (tertiary/aromatic N) is 2. The van der Waals surface area contributed by atoms with E-state index in [0.717, 1.165) is 12.0 Å². The second-order valence-corrected chi connectivity index (χ2v) is 13.3. The predicted molar refractivity (Wildman–Crippen MR) is 166 cm³/mol. The van der Waals surface area contributed by atoms with Crippen molar-refractivity contribution in [3.8, 4) is 0 Å². The molecule has 0 aromatic heterocycles. The van der Waals surface area contributed by atoms with Gasteiger partial charge in [0.25, 0.3) is 0 Å². The standard InChI is InChI=1S/C33H52N4O5/c1-21(2)25(20-22(3)29(39)37-19-15-18-24(37)31(41)42-11)36(10)30(40)27(32(4,5)6)35-28(38)26(34-9)33(7,8)23-16-13-12-14-17-23/h12-14,16-17,20-21,24-27,34H,15,18-19H2,1-11H3,(H,35,38)/b22-20+/t24?,25-,26-,27?/m1/s1. The van der Waals surface area contributed by atoms with Gasteiger partial charge < -0.3 is 25.2 Å². The maximum absolute atomic E-state index is 14.1. The van der Waals surface area contributed by atoms with E-state index in [1.165, 1.54) is 7.11 Å². The fourth-order valence-corrected chi connectivity index (χ4v) is 5.78. The van der Waals surface area contributed by atoms with E-state index >= 15 is 0 Å². The van der Waals surface area contributed by atoms with Gasteiger partial charge in [0, 0.05) is 24.6 Å². The van der Waals surface area contributed by atoms with Crippen LogP contribution in [0.5, 0.6) is 0 Å². The van der Waals surface area contributed by atoms with Crippen LogP contribution >= 0.6 is 0 Å². The van der Waals surface area contributed by atoms with Gasteiger partial charge in [0.15, 0.2) is 0 Å². The molecule has 1 fully saturated rings. The SMILES string of the molecule is CN[C@H](C(=O)NC(C(=O)N(C)[C@H](/C=C(\C)C(=O)N1CCCC1C(=O)OC)C(C)C)C(C)(C)C)C(C)(C)c1ccccc1. The molecule has 3 amide bonds. The first-order valence-electron chi connectivity index (χ1n) is 14.9. The van der Waals surface area contributed by atoms with Gasteiger partial charge in [0.2, 0.25) is 17.7 Å². The second-order valence-electron chi connectivity index (χ2n) is 13.3. The number of hydrogen-bond donors (Lipinski definition) is 2. The summed E-state index contributed by atoms with van der Waals surface area (Å²) in [7, 11) is 4.79. The number of amides is 3. The Kier molecular flexibility index (Phi) is 11.9. The number of likely N-dealkylation sites (tertiary alicyclic amines) is 1. The number of benzene rings is 1. The van der Waals surface area contributed by atoms with Gasteiger partial charge in [-0.1, -0.05) is 84.9 Å². The van der Waals surface area contributed by atoms with Gasteiger partial charge in [-0.2, -0.15) is 0 Å². The van der Waals surface area contributed by atoms with Crippen LogP contribution in [0.4, 0.5) is 0 Å². The number of carbonyl (C=O) groups excluding carboxylic acids is 4. The van der Waals surface area contributed by atoms with Crippen LogP contribution in [0.3, 0.4) is 0 Å². The molecule has 2 unspecified atom stereocenters. The predicted octanol–water partition coefficient (Wildman–Crippen LogP) is 3.68. The van der Waals surface area contributed by atoms with Crippen molar-refractivity contribution < 1.29 is 23.9 Å². The lowest BCUT2D eigenvalue weighted by Gasteiger charge is -2.40. The Balaban J connectivity index is 2.33. The molecule has 234 valence electrons. The van der Waals surface area contributed by atoms with Crippen LogP contribution in [0, 0.1) is 11.3 Å². The van der Waals surface area contributed by atoms with Crippen molar-refractivity contribution in [1.29, 1.82) is 0 Å². The fraction of sp³-hybridized carbons (Fsp3) is 0.636. The van der Waals surface area contributed by atoms with Gasteiger partial charge in [-0.3, -0.25) is 14.4 Å². The van der Waals surface area contributed by atoms with Crippen molar-refractivity contribution in [3.05, 3.63) is 47.5 Å². The van der Waals surface area contributed by atoms with Crippen molar-refractivity contribution in [1.82, 2.24) is 20.4 Å². The summed E-state index contributed by atoms with van der Waals surface area (Å²) in [5, 5.41) is 6.23. The van der Waals surface area contributed by atoms with Crippen LogP contribution in [0.25, 0.3) is 0 Å². The minimum Gasteiger partial charge on any atom is -0.467 e. The van der Waals surface area contributed by atoms with E-state index in [1.807, 2.05) is 78.8 Å². The lowest BCUT2D eigenvalue weighted by molar-refractivity contribution is -0.149. The Morgan fingerprint density at radius 2 is 1.64 bits per heavy atom. The average molecular weight is 585 g/mol. The summed E-state index contributed by atoms with van der Waals surface area (Å²) >= 11 is 0. The summed E-state index contributed by atoms with van der Waals surface area (Å²) < 4.78 is 4.90. The van der Waals surface area contributed by atoms with Crippen LogP contribution in [-0.4, -0.2) is 85.4 Å². The van der Waals surface area contributed by atoms with Crippen LogP contribution in [0.2, 0.25) is 0 Å². The van der Waals surface area contributed by atoms with Gasteiger partial charge in [-0.15, -0.1) is 0 Å². The molecule has 0 bridgehead atoms. The molecule has 1 aliphatic heterocycles. The third-order valence-corrected chi connectivity index (χ3v) is 8.41. The Hall–Kier alpha value is -3.20. The number of carbonyl (C=O) groups is 4. The largest absolute Gasteiger partial charge is 0.467 e. The molecular formula is C33H52N4O5. The first kappa shape index (κ1) is 35.0. The molecule has 1 aromatic carbocycles. The van der Waals surface area contributed by atoms with E-state index in [1.54, 1.807) is 36.9 Å². The Morgan fingerprint density at radius 3 is 2.14 bits per heavy atom. The topological polar surface area (TPSA) is 108 Å². The molecule has 42 heavy (non-hydrogen) atoms. The molecule has 9 heteroatoms. The summed E-state index contributed by atoms with van der Waals surface area (Å²) in [6.45, 7) is 16.0. The van der Waals surface area contributed by atoms with Gasteiger partial charge in [-0.25, -0.2) is 4.79 Å². The number of likely N-dealkylation sites (N-methyl/N-ethyl adjacent to an activating group) is 2. The highest BCUT2D eigenvalue weighted by atomic mass is 16.5. The summed E-state index contributed by atoms with van der Waals surface area (Å²) in [6.07, 6.45) is 3.10.